The van der Waals surface area contributed by atoms with E-state index in [-0.39, 0.29) is 0 Å². The molecule has 0 amide bonds. The fraction of sp³-hybridized carbons (Fsp3) is 0.182. The van der Waals surface area contributed by atoms with Gasteiger partial charge in [0, 0.05) is 11.4 Å². The number of rotatable bonds is 4. The van der Waals surface area contributed by atoms with Crippen LogP contribution in [0.1, 0.15) is 11.7 Å². The molecule has 0 spiro atoms. The Morgan fingerprint density at radius 2 is 2.12 bits per heavy atom. The molecule has 84 valence electrons. The summed E-state index contributed by atoms with van der Waals surface area (Å²) in [6.07, 6.45) is 2.55. The third-order valence-electron chi connectivity index (χ3n) is 2.10. The van der Waals surface area contributed by atoms with E-state index in [2.05, 4.69) is 4.98 Å². The topological polar surface area (TPSA) is 72.3 Å². The Morgan fingerprint density at radius 1 is 1.38 bits per heavy atom. The normalized spacial score (nSPS) is 12.6. The zero-order valence-corrected chi connectivity index (χ0v) is 9.35. The second-order valence-corrected chi connectivity index (χ2v) is 4.26. The highest BCUT2D eigenvalue weighted by atomic mass is 32.2. The Morgan fingerprint density at radius 3 is 2.75 bits per heavy atom. The van der Waals surface area contributed by atoms with Crippen molar-refractivity contribution in [3.63, 3.8) is 0 Å². The lowest BCUT2D eigenvalue weighted by atomic mass is 10.1. The highest BCUT2D eigenvalue weighted by Gasteiger charge is 2.09. The molecule has 3 N–H and O–H groups in total. The number of benzene rings is 1. The van der Waals surface area contributed by atoms with Crippen LogP contribution in [0.3, 0.4) is 0 Å². The van der Waals surface area contributed by atoms with Gasteiger partial charge in [0.25, 0.3) is 5.22 Å². The second-order valence-electron chi connectivity index (χ2n) is 3.29. The van der Waals surface area contributed by atoms with E-state index in [1.165, 1.54) is 18.0 Å². The lowest BCUT2D eigenvalue weighted by molar-refractivity contribution is 0.204. The van der Waals surface area contributed by atoms with E-state index in [0.717, 1.165) is 5.56 Å². The number of aromatic nitrogens is 1. The van der Waals surface area contributed by atoms with Crippen LogP contribution < -0.4 is 5.73 Å². The monoisotopic (exact) mass is 236 g/mol. The maximum Gasteiger partial charge on any atom is 0.255 e. The molecule has 2 rings (SSSR count). The zero-order chi connectivity index (χ0) is 11.4. The number of thioether (sulfide) groups is 1. The number of oxazole rings is 1. The third kappa shape index (κ3) is 2.77. The van der Waals surface area contributed by atoms with E-state index < -0.39 is 6.10 Å². The molecular formula is C11H12N2O2S. The number of aliphatic hydroxyl groups excluding tert-OH is 1. The minimum atomic E-state index is -0.544. The van der Waals surface area contributed by atoms with Gasteiger partial charge in [-0.1, -0.05) is 23.9 Å². The molecule has 0 aliphatic rings. The molecule has 1 atom stereocenters. The summed E-state index contributed by atoms with van der Waals surface area (Å²) in [6.45, 7) is 0. The standard InChI is InChI=1S/C11H12N2O2S/c12-9-3-1-8(2-4-9)10(14)7-16-11-13-5-6-15-11/h1-6,10,14H,7,12H2. The molecule has 1 unspecified atom stereocenters. The molecule has 0 aliphatic heterocycles. The molecular weight excluding hydrogens is 224 g/mol. The van der Waals surface area contributed by atoms with Gasteiger partial charge in [0.05, 0.1) is 12.3 Å². The van der Waals surface area contributed by atoms with Crippen LogP contribution in [-0.4, -0.2) is 15.8 Å². The molecule has 16 heavy (non-hydrogen) atoms. The minimum Gasteiger partial charge on any atom is -0.440 e. The summed E-state index contributed by atoms with van der Waals surface area (Å²) in [5.74, 6) is 0.504. The van der Waals surface area contributed by atoms with Crippen molar-refractivity contribution in [3.8, 4) is 0 Å². The maximum atomic E-state index is 9.88. The molecule has 0 radical (unpaired) electrons. The first-order valence-electron chi connectivity index (χ1n) is 4.81. The van der Waals surface area contributed by atoms with Crippen LogP contribution in [0.4, 0.5) is 5.69 Å². The first kappa shape index (κ1) is 11.0. The summed E-state index contributed by atoms with van der Waals surface area (Å²) in [5.41, 5.74) is 7.10. The lowest BCUT2D eigenvalue weighted by Gasteiger charge is -2.09. The van der Waals surface area contributed by atoms with Crippen molar-refractivity contribution in [1.82, 2.24) is 4.98 Å². The van der Waals surface area contributed by atoms with Crippen LogP contribution >= 0.6 is 11.8 Å². The molecule has 0 bridgehead atoms. The molecule has 0 fully saturated rings. The Balaban J connectivity index is 1.93. The van der Waals surface area contributed by atoms with E-state index in [1.807, 2.05) is 12.1 Å². The predicted octanol–water partition coefficient (Wildman–Crippen LogP) is 2.08. The van der Waals surface area contributed by atoms with E-state index >= 15 is 0 Å². The summed E-state index contributed by atoms with van der Waals surface area (Å²) >= 11 is 1.38. The summed E-state index contributed by atoms with van der Waals surface area (Å²) in [5, 5.41) is 10.4. The number of nitrogens with zero attached hydrogens (tertiary/aromatic N) is 1. The Bertz CT molecular complexity index is 428. The van der Waals surface area contributed by atoms with Gasteiger partial charge in [0.15, 0.2) is 0 Å². The fourth-order valence-corrected chi connectivity index (χ4v) is 2.00. The molecule has 1 aromatic heterocycles. The average Bonchev–Trinajstić information content (AvgIpc) is 2.80. The number of anilines is 1. The van der Waals surface area contributed by atoms with Crippen molar-refractivity contribution in [2.45, 2.75) is 11.3 Å². The number of aliphatic hydroxyl groups is 1. The summed E-state index contributed by atoms with van der Waals surface area (Å²) in [4.78, 5) is 3.96. The molecule has 5 heteroatoms. The van der Waals surface area contributed by atoms with E-state index in [1.54, 1.807) is 18.3 Å². The first-order valence-corrected chi connectivity index (χ1v) is 5.80. The van der Waals surface area contributed by atoms with Gasteiger partial charge >= 0.3 is 0 Å². The van der Waals surface area contributed by atoms with Gasteiger partial charge in [-0.25, -0.2) is 4.98 Å². The van der Waals surface area contributed by atoms with Gasteiger partial charge in [-0.2, -0.15) is 0 Å². The second kappa shape index (κ2) is 5.05. The smallest absolute Gasteiger partial charge is 0.255 e. The van der Waals surface area contributed by atoms with E-state index in [9.17, 15) is 5.11 Å². The molecule has 0 saturated heterocycles. The first-order chi connectivity index (χ1) is 7.75. The maximum absolute atomic E-state index is 9.88. The summed E-state index contributed by atoms with van der Waals surface area (Å²) in [7, 11) is 0. The summed E-state index contributed by atoms with van der Waals surface area (Å²) in [6, 6.07) is 7.18. The Hall–Kier alpha value is -1.46. The van der Waals surface area contributed by atoms with Crippen LogP contribution in [0, 0.1) is 0 Å². The van der Waals surface area contributed by atoms with Crippen molar-refractivity contribution in [3.05, 3.63) is 42.3 Å². The largest absolute Gasteiger partial charge is 0.440 e. The van der Waals surface area contributed by atoms with Crippen molar-refractivity contribution in [1.29, 1.82) is 0 Å². The van der Waals surface area contributed by atoms with Gasteiger partial charge < -0.3 is 15.3 Å². The van der Waals surface area contributed by atoms with Crippen LogP contribution in [0.2, 0.25) is 0 Å². The molecule has 4 nitrogen and oxygen atoms in total. The number of nitrogen functional groups attached to an aromatic ring is 1. The molecule has 1 heterocycles. The number of hydrogen-bond donors (Lipinski definition) is 2. The van der Waals surface area contributed by atoms with Crippen LogP contribution in [-0.2, 0) is 0 Å². The van der Waals surface area contributed by atoms with E-state index in [4.69, 9.17) is 10.2 Å². The van der Waals surface area contributed by atoms with Crippen LogP contribution in [0.5, 0.6) is 0 Å². The van der Waals surface area contributed by atoms with Gasteiger partial charge in [-0.15, -0.1) is 0 Å². The fourth-order valence-electron chi connectivity index (χ4n) is 1.25. The average molecular weight is 236 g/mol. The molecule has 0 aliphatic carbocycles. The van der Waals surface area contributed by atoms with Gasteiger partial charge in [-0.05, 0) is 17.7 Å². The van der Waals surface area contributed by atoms with Crippen molar-refractivity contribution < 1.29 is 9.52 Å². The van der Waals surface area contributed by atoms with Crippen molar-refractivity contribution >= 4 is 17.4 Å². The highest BCUT2D eigenvalue weighted by Crippen LogP contribution is 2.23. The molecule has 1 aromatic carbocycles. The number of hydrogen-bond acceptors (Lipinski definition) is 5. The van der Waals surface area contributed by atoms with Crippen LogP contribution in [0.15, 0.2) is 46.4 Å². The van der Waals surface area contributed by atoms with Crippen LogP contribution in [0.25, 0.3) is 0 Å². The lowest BCUT2D eigenvalue weighted by Crippen LogP contribution is -2.00. The SMILES string of the molecule is Nc1ccc(C(O)CSc2ncco2)cc1. The Kier molecular flexibility index (Phi) is 3.48. The van der Waals surface area contributed by atoms with Gasteiger partial charge in [0.2, 0.25) is 0 Å². The van der Waals surface area contributed by atoms with Crippen molar-refractivity contribution in [2.75, 3.05) is 11.5 Å². The zero-order valence-electron chi connectivity index (χ0n) is 8.54. The number of nitrogens with two attached hydrogens (primary N) is 1. The minimum absolute atomic E-state index is 0.504. The molecule has 0 saturated carbocycles. The van der Waals surface area contributed by atoms with Gasteiger partial charge in [0.1, 0.15) is 6.26 Å². The van der Waals surface area contributed by atoms with E-state index in [0.29, 0.717) is 16.7 Å². The molecule has 2 aromatic rings. The van der Waals surface area contributed by atoms with Crippen molar-refractivity contribution in [2.24, 2.45) is 0 Å². The predicted molar refractivity (Wildman–Crippen MR) is 63.0 cm³/mol. The highest BCUT2D eigenvalue weighted by molar-refractivity contribution is 7.99. The van der Waals surface area contributed by atoms with Gasteiger partial charge in [-0.3, -0.25) is 0 Å². The third-order valence-corrected chi connectivity index (χ3v) is 3.03. The quantitative estimate of drug-likeness (QED) is 0.628. The summed E-state index contributed by atoms with van der Waals surface area (Å²) < 4.78 is 5.06. The Labute approximate surface area is 97.5 Å².